The molecule has 2 rings (SSSR count). The van der Waals surface area contributed by atoms with Gasteiger partial charge in [-0.1, -0.05) is 0 Å². The largest absolute Gasteiger partial charge is 0.467 e. The number of aryl methyl sites for hydroxylation is 1. The summed E-state index contributed by atoms with van der Waals surface area (Å²) in [6.07, 6.45) is 5.36. The fourth-order valence-electron chi connectivity index (χ4n) is 2.28. The van der Waals surface area contributed by atoms with Crippen LogP contribution in [0.15, 0.2) is 16.7 Å². The highest BCUT2D eigenvalue weighted by Crippen LogP contribution is 2.34. The lowest BCUT2D eigenvalue weighted by Crippen LogP contribution is -2.48. The number of hydrogen-bond donors (Lipinski definition) is 1. The normalized spacial score (nSPS) is 20.4. The van der Waals surface area contributed by atoms with Gasteiger partial charge in [0, 0.05) is 13.7 Å². The molecule has 0 saturated heterocycles. The van der Waals surface area contributed by atoms with Gasteiger partial charge in [-0.05, 0) is 44.7 Å². The molecule has 0 spiro atoms. The molecule has 1 unspecified atom stereocenters. The van der Waals surface area contributed by atoms with Gasteiger partial charge in [-0.2, -0.15) is 0 Å². The molecule has 0 radical (unpaired) electrons. The zero-order valence-corrected chi connectivity index (χ0v) is 10.4. The van der Waals surface area contributed by atoms with E-state index in [2.05, 4.69) is 19.2 Å². The van der Waals surface area contributed by atoms with Gasteiger partial charge in [0.1, 0.15) is 5.76 Å². The SMILES string of the molecule is COC1(CNC(C)c2occc2C)CCC1. The van der Waals surface area contributed by atoms with Crippen molar-refractivity contribution in [2.24, 2.45) is 0 Å². The summed E-state index contributed by atoms with van der Waals surface area (Å²) in [4.78, 5) is 0. The Morgan fingerprint density at radius 3 is 2.75 bits per heavy atom. The number of hydrogen-bond acceptors (Lipinski definition) is 3. The third kappa shape index (κ3) is 2.15. The van der Waals surface area contributed by atoms with Crippen LogP contribution in [0, 0.1) is 6.92 Å². The number of methoxy groups -OCH3 is 1. The predicted octanol–water partition coefficient (Wildman–Crippen LogP) is 2.81. The number of nitrogens with one attached hydrogen (secondary N) is 1. The van der Waals surface area contributed by atoms with Crippen LogP contribution in [0.3, 0.4) is 0 Å². The van der Waals surface area contributed by atoms with Crippen LogP contribution in [-0.4, -0.2) is 19.3 Å². The van der Waals surface area contributed by atoms with Gasteiger partial charge in [0.05, 0.1) is 17.9 Å². The Labute approximate surface area is 97.2 Å². The zero-order valence-electron chi connectivity index (χ0n) is 10.4. The lowest BCUT2D eigenvalue weighted by atomic mass is 9.80. The molecular formula is C13H21NO2. The second kappa shape index (κ2) is 4.60. The predicted molar refractivity (Wildman–Crippen MR) is 63.5 cm³/mol. The fourth-order valence-corrected chi connectivity index (χ4v) is 2.28. The van der Waals surface area contributed by atoms with E-state index in [9.17, 15) is 0 Å². The summed E-state index contributed by atoms with van der Waals surface area (Å²) in [5.41, 5.74) is 1.29. The first kappa shape index (κ1) is 11.7. The highest BCUT2D eigenvalue weighted by Gasteiger charge is 2.37. The van der Waals surface area contributed by atoms with Crippen LogP contribution in [0.5, 0.6) is 0 Å². The van der Waals surface area contributed by atoms with Crippen LogP contribution in [0.4, 0.5) is 0 Å². The highest BCUT2D eigenvalue weighted by atomic mass is 16.5. The van der Waals surface area contributed by atoms with Gasteiger partial charge in [0.15, 0.2) is 0 Å². The van der Waals surface area contributed by atoms with Gasteiger partial charge in [0.2, 0.25) is 0 Å². The maximum absolute atomic E-state index is 5.58. The first-order valence-electron chi connectivity index (χ1n) is 5.99. The van der Waals surface area contributed by atoms with Crippen LogP contribution in [0.2, 0.25) is 0 Å². The zero-order chi connectivity index (χ0) is 11.6. The van der Waals surface area contributed by atoms with Crippen molar-refractivity contribution in [2.45, 2.75) is 44.8 Å². The van der Waals surface area contributed by atoms with Crippen molar-refractivity contribution in [3.8, 4) is 0 Å². The fraction of sp³-hybridized carbons (Fsp3) is 0.692. The molecule has 1 fully saturated rings. The van der Waals surface area contributed by atoms with Crippen LogP contribution in [0.25, 0.3) is 0 Å². The second-order valence-corrected chi connectivity index (χ2v) is 4.81. The van der Waals surface area contributed by atoms with Crippen LogP contribution >= 0.6 is 0 Å². The van der Waals surface area contributed by atoms with Crippen molar-refractivity contribution < 1.29 is 9.15 Å². The summed E-state index contributed by atoms with van der Waals surface area (Å²) in [6.45, 7) is 5.12. The Kier molecular flexibility index (Phi) is 3.36. The summed E-state index contributed by atoms with van der Waals surface area (Å²) in [7, 11) is 1.81. The van der Waals surface area contributed by atoms with Crippen molar-refractivity contribution in [2.75, 3.05) is 13.7 Å². The van der Waals surface area contributed by atoms with E-state index in [0.29, 0.717) is 0 Å². The van der Waals surface area contributed by atoms with Gasteiger partial charge in [0.25, 0.3) is 0 Å². The third-order valence-corrected chi connectivity index (χ3v) is 3.72. The molecule has 0 amide bonds. The Morgan fingerprint density at radius 1 is 1.56 bits per heavy atom. The van der Waals surface area contributed by atoms with E-state index in [-0.39, 0.29) is 11.6 Å². The van der Waals surface area contributed by atoms with E-state index in [0.717, 1.165) is 12.3 Å². The van der Waals surface area contributed by atoms with Crippen molar-refractivity contribution in [3.63, 3.8) is 0 Å². The van der Waals surface area contributed by atoms with E-state index in [1.54, 1.807) is 6.26 Å². The molecule has 3 heteroatoms. The average Bonchev–Trinajstić information content (AvgIpc) is 2.63. The minimum atomic E-state index is 0.0781. The molecule has 0 aromatic carbocycles. The van der Waals surface area contributed by atoms with Crippen LogP contribution < -0.4 is 5.32 Å². The molecule has 90 valence electrons. The topological polar surface area (TPSA) is 34.4 Å². The summed E-state index contributed by atoms with van der Waals surface area (Å²) in [6, 6.07) is 2.26. The van der Waals surface area contributed by atoms with Crippen molar-refractivity contribution in [1.82, 2.24) is 5.32 Å². The minimum absolute atomic E-state index is 0.0781. The van der Waals surface area contributed by atoms with E-state index in [1.807, 2.05) is 13.2 Å². The van der Waals surface area contributed by atoms with Gasteiger partial charge in [-0.3, -0.25) is 0 Å². The molecule has 1 aromatic rings. The number of furan rings is 1. The van der Waals surface area contributed by atoms with Gasteiger partial charge in [-0.25, -0.2) is 0 Å². The van der Waals surface area contributed by atoms with Gasteiger partial charge in [-0.15, -0.1) is 0 Å². The summed E-state index contributed by atoms with van der Waals surface area (Å²) < 4.78 is 11.1. The second-order valence-electron chi connectivity index (χ2n) is 4.81. The monoisotopic (exact) mass is 223 g/mol. The Hall–Kier alpha value is -0.800. The summed E-state index contributed by atoms with van der Waals surface area (Å²) >= 11 is 0. The molecule has 0 aliphatic heterocycles. The lowest BCUT2D eigenvalue weighted by Gasteiger charge is -2.41. The third-order valence-electron chi connectivity index (χ3n) is 3.72. The lowest BCUT2D eigenvalue weighted by molar-refractivity contribution is -0.0709. The molecule has 1 aliphatic carbocycles. The minimum Gasteiger partial charge on any atom is -0.467 e. The van der Waals surface area contributed by atoms with Gasteiger partial charge >= 0.3 is 0 Å². The number of rotatable bonds is 5. The average molecular weight is 223 g/mol. The standard InChI is InChI=1S/C13H21NO2/c1-10-5-8-16-12(10)11(2)14-9-13(15-3)6-4-7-13/h5,8,11,14H,4,6-7,9H2,1-3H3. The van der Waals surface area contributed by atoms with Crippen molar-refractivity contribution >= 4 is 0 Å². The first-order valence-corrected chi connectivity index (χ1v) is 5.99. The Morgan fingerprint density at radius 2 is 2.31 bits per heavy atom. The van der Waals surface area contributed by atoms with E-state index < -0.39 is 0 Å². The molecule has 1 N–H and O–H groups in total. The molecular weight excluding hydrogens is 202 g/mol. The molecule has 1 saturated carbocycles. The van der Waals surface area contributed by atoms with Crippen LogP contribution in [0.1, 0.15) is 43.6 Å². The van der Waals surface area contributed by atoms with Crippen molar-refractivity contribution in [3.05, 3.63) is 23.7 Å². The molecule has 1 aliphatic rings. The summed E-state index contributed by atoms with van der Waals surface area (Å²) in [5, 5.41) is 3.50. The smallest absolute Gasteiger partial charge is 0.123 e. The quantitative estimate of drug-likeness (QED) is 0.833. The molecule has 16 heavy (non-hydrogen) atoms. The molecule has 1 heterocycles. The van der Waals surface area contributed by atoms with Crippen molar-refractivity contribution in [1.29, 1.82) is 0 Å². The molecule has 1 atom stereocenters. The molecule has 3 nitrogen and oxygen atoms in total. The maximum atomic E-state index is 5.58. The Bertz CT molecular complexity index is 336. The van der Waals surface area contributed by atoms with E-state index in [1.165, 1.54) is 24.8 Å². The van der Waals surface area contributed by atoms with Crippen LogP contribution in [-0.2, 0) is 4.74 Å². The molecule has 0 bridgehead atoms. The maximum Gasteiger partial charge on any atom is 0.123 e. The van der Waals surface area contributed by atoms with E-state index in [4.69, 9.17) is 9.15 Å². The van der Waals surface area contributed by atoms with Gasteiger partial charge < -0.3 is 14.5 Å². The summed E-state index contributed by atoms with van der Waals surface area (Å²) in [5.74, 6) is 1.03. The Balaban J connectivity index is 1.88. The number of ether oxygens (including phenoxy) is 1. The molecule has 1 aromatic heterocycles. The highest BCUT2D eigenvalue weighted by molar-refractivity contribution is 5.17. The first-order chi connectivity index (χ1) is 7.67. The van der Waals surface area contributed by atoms with E-state index >= 15 is 0 Å².